The number of aliphatic hydroxyl groups is 1. The number of likely N-dealkylation sites (tertiary alicyclic amines) is 1. The van der Waals surface area contributed by atoms with Crippen LogP contribution in [0.5, 0.6) is 0 Å². The topological polar surface area (TPSA) is 40.5 Å². The van der Waals surface area contributed by atoms with Gasteiger partial charge in [-0.15, -0.1) is 0 Å². The van der Waals surface area contributed by atoms with E-state index in [-0.39, 0.29) is 6.54 Å². The number of benzene rings is 1. The quantitative estimate of drug-likeness (QED) is 0.739. The molecule has 0 bridgehead atoms. The molecule has 0 radical (unpaired) electrons. The fraction of sp³-hybridized carbons (Fsp3) is 0.462. The lowest BCUT2D eigenvalue weighted by Crippen LogP contribution is -2.48. The first kappa shape index (κ1) is 15.6. The second kappa shape index (κ2) is 5.18. The van der Waals surface area contributed by atoms with Gasteiger partial charge >= 0.3 is 6.18 Å². The van der Waals surface area contributed by atoms with Gasteiger partial charge in [-0.25, -0.2) is 0 Å². The molecule has 2 rings (SSSR count). The van der Waals surface area contributed by atoms with E-state index in [0.29, 0.717) is 5.56 Å². The molecule has 3 nitrogen and oxygen atoms in total. The Labute approximate surface area is 127 Å². The molecule has 1 aromatic carbocycles. The molecule has 0 aromatic heterocycles. The van der Waals surface area contributed by atoms with Gasteiger partial charge in [-0.2, -0.15) is 13.2 Å². The lowest BCUT2D eigenvalue weighted by molar-refractivity contribution is -0.253. The lowest BCUT2D eigenvalue weighted by Gasteiger charge is -2.26. The highest BCUT2D eigenvalue weighted by molar-refractivity contribution is 14.1. The van der Waals surface area contributed by atoms with Crippen molar-refractivity contribution >= 4 is 28.5 Å². The minimum Gasteiger partial charge on any atom is -0.379 e. The van der Waals surface area contributed by atoms with E-state index in [1.165, 1.54) is 0 Å². The molecule has 1 unspecified atom stereocenters. The van der Waals surface area contributed by atoms with Gasteiger partial charge in [0.15, 0.2) is 5.60 Å². The second-order valence-corrected chi connectivity index (χ2v) is 6.13. The molecule has 1 aliphatic heterocycles. The molecule has 1 amide bonds. The number of aryl methyl sites for hydroxylation is 1. The van der Waals surface area contributed by atoms with E-state index < -0.39 is 30.7 Å². The van der Waals surface area contributed by atoms with Crippen LogP contribution in [-0.2, 0) is 0 Å². The number of hydrogen-bond acceptors (Lipinski definition) is 2. The number of carbonyl (C=O) groups excluding carboxylic acids is 1. The van der Waals surface area contributed by atoms with Crippen molar-refractivity contribution in [2.24, 2.45) is 0 Å². The first-order chi connectivity index (χ1) is 9.14. The molecular formula is C13H13F3INO2. The van der Waals surface area contributed by atoms with E-state index in [4.69, 9.17) is 0 Å². The lowest BCUT2D eigenvalue weighted by atomic mass is 10.0. The zero-order chi connectivity index (χ0) is 15.1. The van der Waals surface area contributed by atoms with Crippen molar-refractivity contribution in [2.75, 3.05) is 13.1 Å². The molecule has 1 N–H and O–H groups in total. The molecule has 1 aliphatic rings. The maximum atomic E-state index is 12.7. The minimum absolute atomic E-state index is 0.0979. The molecule has 20 heavy (non-hydrogen) atoms. The van der Waals surface area contributed by atoms with E-state index in [2.05, 4.69) is 22.6 Å². The van der Waals surface area contributed by atoms with Crippen molar-refractivity contribution in [3.05, 3.63) is 32.9 Å². The molecule has 110 valence electrons. The third kappa shape index (κ3) is 2.78. The summed E-state index contributed by atoms with van der Waals surface area (Å²) in [5, 5.41) is 9.57. The van der Waals surface area contributed by atoms with Crippen molar-refractivity contribution in [1.29, 1.82) is 0 Å². The Morgan fingerprint density at radius 1 is 1.45 bits per heavy atom. The number of amides is 1. The molecule has 1 aromatic rings. The summed E-state index contributed by atoms with van der Waals surface area (Å²) in [5.74, 6) is -0.483. The summed E-state index contributed by atoms with van der Waals surface area (Å²) in [5.41, 5.74) is -1.46. The van der Waals surface area contributed by atoms with Crippen LogP contribution >= 0.6 is 22.6 Å². The third-order valence-corrected chi connectivity index (χ3v) is 4.64. The van der Waals surface area contributed by atoms with Crippen LogP contribution in [0, 0.1) is 10.5 Å². The van der Waals surface area contributed by atoms with Gasteiger partial charge in [0.05, 0.1) is 6.54 Å². The predicted octanol–water partition coefficient (Wildman–Crippen LogP) is 2.74. The fourth-order valence-electron chi connectivity index (χ4n) is 2.11. The highest BCUT2D eigenvalue weighted by Gasteiger charge is 2.57. The first-order valence-corrected chi connectivity index (χ1v) is 7.06. The molecule has 1 heterocycles. The maximum Gasteiger partial charge on any atom is 0.419 e. The Bertz CT molecular complexity index is 547. The summed E-state index contributed by atoms with van der Waals surface area (Å²) in [4.78, 5) is 13.2. The number of alkyl halides is 3. The van der Waals surface area contributed by atoms with E-state index in [1.54, 1.807) is 18.2 Å². The Kier molecular flexibility index (Phi) is 4.03. The highest BCUT2D eigenvalue weighted by Crippen LogP contribution is 2.38. The standard InChI is InChI=1S/C13H13F3INO2/c1-8-2-3-9(6-10(8)17)11(19)18-5-4-12(20,7-18)13(14,15)16/h2-3,6,20H,4-5,7H2,1H3. The van der Waals surface area contributed by atoms with Crippen LogP contribution in [0.3, 0.4) is 0 Å². The van der Waals surface area contributed by atoms with Gasteiger partial charge in [0.25, 0.3) is 5.91 Å². The third-order valence-electron chi connectivity index (χ3n) is 3.48. The largest absolute Gasteiger partial charge is 0.419 e. The van der Waals surface area contributed by atoms with Crippen LogP contribution in [0.4, 0.5) is 13.2 Å². The number of halogens is 4. The molecule has 0 aliphatic carbocycles. The fourth-order valence-corrected chi connectivity index (χ4v) is 2.62. The van der Waals surface area contributed by atoms with E-state index in [0.717, 1.165) is 14.0 Å². The molecular weight excluding hydrogens is 386 g/mol. The van der Waals surface area contributed by atoms with Crippen molar-refractivity contribution in [1.82, 2.24) is 4.90 Å². The normalized spacial score (nSPS) is 23.2. The number of hydrogen-bond donors (Lipinski definition) is 1. The minimum atomic E-state index is -4.72. The van der Waals surface area contributed by atoms with Gasteiger partial charge < -0.3 is 10.0 Å². The summed E-state index contributed by atoms with van der Waals surface area (Å²) in [6.45, 7) is 1.08. The molecule has 7 heteroatoms. The number of nitrogens with zero attached hydrogens (tertiary/aromatic N) is 1. The van der Waals surface area contributed by atoms with Gasteiger partial charge in [-0.1, -0.05) is 6.07 Å². The average Bonchev–Trinajstić information content (AvgIpc) is 2.75. The molecule has 1 fully saturated rings. The molecule has 0 saturated carbocycles. The zero-order valence-corrected chi connectivity index (χ0v) is 12.8. The van der Waals surface area contributed by atoms with Gasteiger partial charge in [-0.05, 0) is 47.2 Å². The number of carbonyl (C=O) groups is 1. The van der Waals surface area contributed by atoms with Crippen LogP contribution in [-0.4, -0.2) is 40.8 Å². The van der Waals surface area contributed by atoms with Crippen molar-refractivity contribution < 1.29 is 23.1 Å². The predicted molar refractivity (Wildman–Crippen MR) is 75.4 cm³/mol. The monoisotopic (exact) mass is 399 g/mol. The molecule has 1 atom stereocenters. The van der Waals surface area contributed by atoms with E-state index >= 15 is 0 Å². The summed E-state index contributed by atoms with van der Waals surface area (Å²) < 4.78 is 39.0. The number of rotatable bonds is 1. The first-order valence-electron chi connectivity index (χ1n) is 5.98. The Morgan fingerprint density at radius 3 is 2.60 bits per heavy atom. The van der Waals surface area contributed by atoms with Crippen molar-refractivity contribution in [3.8, 4) is 0 Å². The van der Waals surface area contributed by atoms with Crippen LogP contribution in [0.2, 0.25) is 0 Å². The van der Waals surface area contributed by atoms with E-state index in [1.807, 2.05) is 6.92 Å². The van der Waals surface area contributed by atoms with Crippen LogP contribution in [0.15, 0.2) is 18.2 Å². The number of β-amino-alcohol motifs (C(OH)–C–C–N with tert-alkyl or cyclic N) is 1. The summed E-state index contributed by atoms with van der Waals surface area (Å²) in [6.07, 6.45) is -5.20. The zero-order valence-electron chi connectivity index (χ0n) is 10.7. The second-order valence-electron chi connectivity index (χ2n) is 4.97. The van der Waals surface area contributed by atoms with Gasteiger partial charge in [-0.3, -0.25) is 4.79 Å². The smallest absolute Gasteiger partial charge is 0.379 e. The highest BCUT2D eigenvalue weighted by atomic mass is 127. The maximum absolute atomic E-state index is 12.7. The van der Waals surface area contributed by atoms with E-state index in [9.17, 15) is 23.1 Å². The summed E-state index contributed by atoms with van der Waals surface area (Å²) in [7, 11) is 0. The van der Waals surface area contributed by atoms with Crippen molar-refractivity contribution in [2.45, 2.75) is 25.1 Å². The average molecular weight is 399 g/mol. The van der Waals surface area contributed by atoms with Crippen LogP contribution in [0.25, 0.3) is 0 Å². The molecule has 0 spiro atoms. The molecule has 1 saturated heterocycles. The summed E-state index contributed by atoms with van der Waals surface area (Å²) in [6, 6.07) is 4.98. The van der Waals surface area contributed by atoms with Crippen molar-refractivity contribution in [3.63, 3.8) is 0 Å². The SMILES string of the molecule is Cc1ccc(C(=O)N2CCC(O)(C(F)(F)F)C2)cc1I. The Morgan fingerprint density at radius 2 is 2.10 bits per heavy atom. The summed E-state index contributed by atoms with van der Waals surface area (Å²) >= 11 is 2.07. The van der Waals surface area contributed by atoms with Gasteiger partial charge in [0.1, 0.15) is 0 Å². The van der Waals surface area contributed by atoms with Crippen LogP contribution in [0.1, 0.15) is 22.3 Å². The van der Waals surface area contributed by atoms with Gasteiger partial charge in [0, 0.05) is 22.1 Å². The van der Waals surface area contributed by atoms with Gasteiger partial charge in [0.2, 0.25) is 0 Å². The Hall–Kier alpha value is -0.830. The Balaban J connectivity index is 2.18. The van der Waals surface area contributed by atoms with Crippen LogP contribution < -0.4 is 0 Å².